The third-order valence-corrected chi connectivity index (χ3v) is 8.93. The fraction of sp³-hybridized carbons (Fsp3) is 0.679. The van der Waals surface area contributed by atoms with Crippen LogP contribution in [-0.4, -0.2) is 38.0 Å². The fourth-order valence-corrected chi connectivity index (χ4v) is 7.03. The molecule has 0 radical (unpaired) electrons. The van der Waals surface area contributed by atoms with E-state index in [9.17, 15) is 4.79 Å². The maximum absolute atomic E-state index is 11.4. The number of hydrogen-bond acceptors (Lipinski definition) is 3. The second kappa shape index (κ2) is 10.4. The van der Waals surface area contributed by atoms with Gasteiger partial charge in [0.2, 0.25) is 5.91 Å². The number of imidazole rings is 1. The average molecular weight is 462 g/mol. The van der Waals surface area contributed by atoms with E-state index in [-0.39, 0.29) is 5.91 Å². The molecule has 3 atom stereocenters. The minimum absolute atomic E-state index is 0.235. The Morgan fingerprint density at radius 2 is 1.91 bits per heavy atom. The second-order valence-electron chi connectivity index (χ2n) is 10.9. The molecule has 6 rings (SSSR count). The lowest BCUT2D eigenvalue weighted by Gasteiger charge is -2.35. The molecule has 6 heteroatoms. The molecule has 1 saturated heterocycles. The number of carbonyl (C=O) groups is 1. The molecule has 2 fully saturated rings. The highest BCUT2D eigenvalue weighted by molar-refractivity contribution is 5.73. The van der Waals surface area contributed by atoms with Gasteiger partial charge in [0.05, 0.1) is 12.4 Å². The molecule has 3 aliphatic heterocycles. The summed E-state index contributed by atoms with van der Waals surface area (Å²) < 4.78 is 4.80. The molecule has 34 heavy (non-hydrogen) atoms. The number of nitrogens with zero attached hydrogens (tertiary/aromatic N) is 5. The van der Waals surface area contributed by atoms with Crippen LogP contribution < -0.4 is 0 Å². The molecular weight excluding hydrogens is 422 g/mol. The van der Waals surface area contributed by atoms with Crippen molar-refractivity contribution >= 4 is 5.91 Å². The maximum atomic E-state index is 11.4. The lowest BCUT2D eigenvalue weighted by molar-refractivity contribution is -0.127. The quantitative estimate of drug-likeness (QED) is 0.607. The Balaban J connectivity index is 0.000000142. The summed E-state index contributed by atoms with van der Waals surface area (Å²) in [6, 6.07) is 7.50. The number of carbonyl (C=O) groups excluding carboxylic acids is 1. The predicted octanol–water partition coefficient (Wildman–Crippen LogP) is 5.32. The lowest BCUT2D eigenvalue weighted by atomic mass is 9.77. The van der Waals surface area contributed by atoms with Gasteiger partial charge in [0.1, 0.15) is 0 Å². The van der Waals surface area contributed by atoms with Crippen LogP contribution in [0.2, 0.25) is 0 Å². The van der Waals surface area contributed by atoms with Gasteiger partial charge >= 0.3 is 0 Å². The van der Waals surface area contributed by atoms with Gasteiger partial charge in [-0.15, -0.1) is 0 Å². The van der Waals surface area contributed by atoms with Crippen LogP contribution >= 0.6 is 0 Å². The van der Waals surface area contributed by atoms with E-state index in [0.717, 1.165) is 31.8 Å². The van der Waals surface area contributed by atoms with E-state index in [2.05, 4.69) is 38.5 Å². The average Bonchev–Trinajstić information content (AvgIpc) is 3.64. The predicted molar refractivity (Wildman–Crippen MR) is 132 cm³/mol. The van der Waals surface area contributed by atoms with Gasteiger partial charge in [-0.3, -0.25) is 4.79 Å². The van der Waals surface area contributed by atoms with E-state index in [1.807, 2.05) is 17.4 Å². The van der Waals surface area contributed by atoms with Crippen LogP contribution in [0.25, 0.3) is 0 Å². The number of hydrogen-bond donors (Lipinski definition) is 0. The Morgan fingerprint density at radius 3 is 2.68 bits per heavy atom. The van der Waals surface area contributed by atoms with Crippen molar-refractivity contribution in [3.8, 4) is 6.07 Å². The van der Waals surface area contributed by atoms with Crippen molar-refractivity contribution in [2.75, 3.05) is 13.1 Å². The van der Waals surface area contributed by atoms with Crippen molar-refractivity contribution in [1.29, 1.82) is 5.26 Å². The molecule has 0 aromatic carbocycles. The highest BCUT2D eigenvalue weighted by Gasteiger charge is 2.34. The first-order valence-corrected chi connectivity index (χ1v) is 13.4. The van der Waals surface area contributed by atoms with Gasteiger partial charge in [0.25, 0.3) is 0 Å². The summed E-state index contributed by atoms with van der Waals surface area (Å²) in [6.45, 7) is 4.77. The molecule has 3 unspecified atom stereocenters. The highest BCUT2D eigenvalue weighted by atomic mass is 16.2. The Kier molecular flexibility index (Phi) is 7.08. The van der Waals surface area contributed by atoms with E-state index >= 15 is 0 Å². The zero-order chi connectivity index (χ0) is 23.5. The van der Waals surface area contributed by atoms with Crippen molar-refractivity contribution in [3.05, 3.63) is 42.2 Å². The summed E-state index contributed by atoms with van der Waals surface area (Å²) in [5.74, 6) is 2.67. The first kappa shape index (κ1) is 23.2. The Labute approximate surface area is 204 Å². The van der Waals surface area contributed by atoms with Crippen molar-refractivity contribution < 1.29 is 4.79 Å². The minimum atomic E-state index is 0.235. The van der Waals surface area contributed by atoms with E-state index < -0.39 is 0 Å². The third kappa shape index (κ3) is 4.80. The number of aryl methyl sites for hydroxylation is 2. The summed E-state index contributed by atoms with van der Waals surface area (Å²) in [5, 5.41) is 8.95. The fourth-order valence-electron chi connectivity index (χ4n) is 7.03. The molecule has 1 amide bonds. The minimum Gasteiger partial charge on any atom is -0.351 e. The summed E-state index contributed by atoms with van der Waals surface area (Å²) in [4.78, 5) is 17.7. The van der Waals surface area contributed by atoms with E-state index in [1.165, 1.54) is 69.3 Å². The van der Waals surface area contributed by atoms with Crippen LogP contribution in [-0.2, 0) is 17.8 Å². The summed E-state index contributed by atoms with van der Waals surface area (Å²) in [6.07, 6.45) is 18.4. The van der Waals surface area contributed by atoms with E-state index in [4.69, 9.17) is 5.26 Å². The van der Waals surface area contributed by atoms with Gasteiger partial charge in [-0.2, -0.15) is 5.26 Å². The van der Waals surface area contributed by atoms with Gasteiger partial charge < -0.3 is 14.0 Å². The van der Waals surface area contributed by atoms with Crippen LogP contribution in [0.3, 0.4) is 0 Å². The first-order chi connectivity index (χ1) is 16.6. The van der Waals surface area contributed by atoms with Crippen molar-refractivity contribution in [1.82, 2.24) is 19.0 Å². The normalized spacial score (nSPS) is 30.5. The van der Waals surface area contributed by atoms with Crippen molar-refractivity contribution in [2.45, 2.75) is 89.6 Å². The standard InChI is InChI=1S/C14H19N3.C14H20N2O/c15-8-11-4-6-12(7-5-11)14-3-1-2-13-9-16-10-17(13)14;1-11(17)16-9-6-12(10-16)13-4-2-7-15-8-3-5-14(13)15/h9-12,14H,1-7H2;3,5,8,12-13H,2,4,6-7,9-10H2,1H3. The van der Waals surface area contributed by atoms with Crippen LogP contribution in [0.15, 0.2) is 30.9 Å². The molecule has 0 N–H and O–H groups in total. The monoisotopic (exact) mass is 461 g/mol. The third-order valence-electron chi connectivity index (χ3n) is 8.93. The molecular formula is C28H39N5O. The van der Waals surface area contributed by atoms with Gasteiger partial charge in [-0.25, -0.2) is 4.98 Å². The van der Waals surface area contributed by atoms with Gasteiger partial charge in [0, 0.05) is 68.2 Å². The van der Waals surface area contributed by atoms with Crippen LogP contribution in [0.5, 0.6) is 0 Å². The molecule has 0 spiro atoms. The molecule has 4 aliphatic rings. The van der Waals surface area contributed by atoms with Crippen LogP contribution in [0.4, 0.5) is 0 Å². The molecule has 2 aromatic heterocycles. The van der Waals surface area contributed by atoms with Crippen molar-refractivity contribution in [3.63, 3.8) is 0 Å². The largest absolute Gasteiger partial charge is 0.351 e. The molecule has 182 valence electrons. The number of fused-ring (bicyclic) bond motifs is 2. The molecule has 1 saturated carbocycles. The zero-order valence-corrected chi connectivity index (χ0v) is 20.6. The van der Waals surface area contributed by atoms with Gasteiger partial charge in [0.15, 0.2) is 0 Å². The number of aromatic nitrogens is 3. The van der Waals surface area contributed by atoms with Crippen LogP contribution in [0, 0.1) is 29.1 Å². The number of amides is 1. The molecule has 5 heterocycles. The van der Waals surface area contributed by atoms with Gasteiger partial charge in [-0.05, 0) is 88.2 Å². The molecule has 2 aromatic rings. The lowest BCUT2D eigenvalue weighted by Crippen LogP contribution is -2.28. The molecule has 1 aliphatic carbocycles. The summed E-state index contributed by atoms with van der Waals surface area (Å²) in [5.41, 5.74) is 2.90. The smallest absolute Gasteiger partial charge is 0.219 e. The zero-order valence-electron chi connectivity index (χ0n) is 20.6. The maximum Gasteiger partial charge on any atom is 0.219 e. The van der Waals surface area contributed by atoms with Crippen molar-refractivity contribution in [2.24, 2.45) is 17.8 Å². The van der Waals surface area contributed by atoms with Gasteiger partial charge in [-0.1, -0.05) is 0 Å². The summed E-state index contributed by atoms with van der Waals surface area (Å²) in [7, 11) is 0. The number of nitriles is 1. The number of likely N-dealkylation sites (tertiary alicyclic amines) is 1. The topological polar surface area (TPSA) is 66.8 Å². The Morgan fingerprint density at radius 1 is 1.06 bits per heavy atom. The second-order valence-corrected chi connectivity index (χ2v) is 10.9. The van der Waals surface area contributed by atoms with Crippen LogP contribution in [0.1, 0.15) is 88.1 Å². The van der Waals surface area contributed by atoms with E-state index in [1.54, 1.807) is 6.92 Å². The Hall–Kier alpha value is -2.55. The first-order valence-electron chi connectivity index (χ1n) is 13.4. The molecule has 6 nitrogen and oxygen atoms in total. The number of rotatable bonds is 2. The molecule has 0 bridgehead atoms. The highest BCUT2D eigenvalue weighted by Crippen LogP contribution is 2.40. The SMILES string of the molecule is CC(=O)N1CCC(C2CCCn3cccc32)C1.N#CC1CCC(C2CCCc3cncn32)CC1. The Bertz CT molecular complexity index is 1010. The van der Waals surface area contributed by atoms with E-state index in [0.29, 0.717) is 23.8 Å². The summed E-state index contributed by atoms with van der Waals surface area (Å²) >= 11 is 0.